The van der Waals surface area contributed by atoms with Gasteiger partial charge >= 0.3 is 0 Å². The van der Waals surface area contributed by atoms with Crippen molar-refractivity contribution in [2.24, 2.45) is 0 Å². The first-order valence-electron chi connectivity index (χ1n) is 11.5. The van der Waals surface area contributed by atoms with Crippen molar-refractivity contribution in [3.05, 3.63) is 66.9 Å². The first-order valence-corrected chi connectivity index (χ1v) is 13.8. The fourth-order valence-electron chi connectivity index (χ4n) is 4.45. The molecule has 1 saturated heterocycles. The zero-order chi connectivity index (χ0) is 25.3. The molecule has 0 saturated carbocycles. The second kappa shape index (κ2) is 9.86. The van der Waals surface area contributed by atoms with Gasteiger partial charge in [-0.05, 0) is 62.2 Å². The minimum absolute atomic E-state index is 0. The van der Waals surface area contributed by atoms with Crippen molar-refractivity contribution in [1.29, 1.82) is 0 Å². The van der Waals surface area contributed by atoms with Gasteiger partial charge in [0.2, 0.25) is 11.0 Å². The van der Waals surface area contributed by atoms with E-state index in [0.29, 0.717) is 10.9 Å². The van der Waals surface area contributed by atoms with E-state index in [-0.39, 0.29) is 32.1 Å². The van der Waals surface area contributed by atoms with Gasteiger partial charge in [0.1, 0.15) is 18.2 Å². The molecule has 194 valence electrons. The van der Waals surface area contributed by atoms with Crippen molar-refractivity contribution >= 4 is 49.2 Å². The van der Waals surface area contributed by atoms with Gasteiger partial charge in [0.05, 0.1) is 10.4 Å². The molecule has 2 N–H and O–H groups in total. The Morgan fingerprint density at radius 3 is 2.61 bits per heavy atom. The lowest BCUT2D eigenvalue weighted by Gasteiger charge is -2.34. The maximum atomic E-state index is 14.0. The van der Waals surface area contributed by atoms with Crippen molar-refractivity contribution in [2.45, 2.75) is 36.7 Å². The van der Waals surface area contributed by atoms with E-state index in [1.807, 2.05) is 13.0 Å². The summed E-state index contributed by atoms with van der Waals surface area (Å²) in [6.45, 7) is 3.27. The Kier molecular flexibility index (Phi) is 6.63. The smallest absolute Gasteiger partial charge is 0.263 e. The standard InChI is InChI=1S/C24H25FN6O3S2.3H2/c1-16(31-14-11-20-21(25)3-2-4-22(20)31)23(32)28-17-9-12-30(13-10-17)18-5-7-19(8-6-18)36(33,34)29-24-26-15-27-35-24;;;/h2-8,11,14-17H,9-10,12-13H2,1H3,(H,28,32)(H,26,27,29);3*1H/t16-;;;/m0.../s1. The number of hydrogen-bond acceptors (Lipinski definition) is 7. The number of nitrogens with zero attached hydrogens (tertiary/aromatic N) is 4. The Morgan fingerprint density at radius 1 is 1.17 bits per heavy atom. The summed E-state index contributed by atoms with van der Waals surface area (Å²) in [5.74, 6) is -0.405. The summed E-state index contributed by atoms with van der Waals surface area (Å²) in [5, 5.41) is 3.85. The zero-order valence-electron chi connectivity index (χ0n) is 19.5. The molecule has 1 fully saturated rings. The minimum atomic E-state index is -3.73. The van der Waals surface area contributed by atoms with Crippen LogP contribution in [-0.4, -0.2) is 47.4 Å². The molecule has 4 aromatic rings. The molecule has 0 aliphatic carbocycles. The number of piperidine rings is 1. The van der Waals surface area contributed by atoms with Crippen LogP contribution in [0.2, 0.25) is 0 Å². The molecule has 1 atom stereocenters. The Morgan fingerprint density at radius 2 is 1.92 bits per heavy atom. The van der Waals surface area contributed by atoms with Crippen LogP contribution in [0, 0.1) is 5.82 Å². The highest BCUT2D eigenvalue weighted by molar-refractivity contribution is 7.93. The van der Waals surface area contributed by atoms with E-state index in [2.05, 4.69) is 24.3 Å². The largest absolute Gasteiger partial charge is 0.371 e. The molecular formula is C24H31FN6O3S2. The quantitative estimate of drug-likeness (QED) is 0.361. The third-order valence-corrected chi connectivity index (χ3v) is 8.51. The fourth-order valence-corrected chi connectivity index (χ4v) is 6.11. The van der Waals surface area contributed by atoms with Crippen LogP contribution in [0.15, 0.2) is 66.0 Å². The molecule has 0 bridgehead atoms. The molecule has 9 nitrogen and oxygen atoms in total. The van der Waals surface area contributed by atoms with E-state index in [1.165, 1.54) is 12.4 Å². The zero-order valence-corrected chi connectivity index (χ0v) is 21.1. The summed E-state index contributed by atoms with van der Waals surface area (Å²) in [4.78, 5) is 19.1. The Bertz CT molecular complexity index is 1480. The van der Waals surface area contributed by atoms with Crippen molar-refractivity contribution in [2.75, 3.05) is 22.7 Å². The lowest BCUT2D eigenvalue weighted by molar-refractivity contribution is -0.124. The molecular weight excluding hydrogens is 503 g/mol. The van der Waals surface area contributed by atoms with Crippen molar-refractivity contribution in [1.82, 2.24) is 19.2 Å². The van der Waals surface area contributed by atoms with Gasteiger partial charge in [-0.25, -0.2) is 17.8 Å². The first kappa shape index (κ1) is 24.2. The summed E-state index contributed by atoms with van der Waals surface area (Å²) in [6, 6.07) is 12.8. The number of benzene rings is 2. The van der Waals surface area contributed by atoms with Crippen LogP contribution in [0.1, 0.15) is 30.1 Å². The van der Waals surface area contributed by atoms with Crippen LogP contribution in [0.5, 0.6) is 0 Å². The topological polar surface area (TPSA) is 109 Å². The average molecular weight is 535 g/mol. The summed E-state index contributed by atoms with van der Waals surface area (Å²) in [7, 11) is -3.73. The third-order valence-electron chi connectivity index (χ3n) is 6.44. The fraction of sp³-hybridized carbons (Fsp3) is 0.292. The number of carbonyl (C=O) groups is 1. The van der Waals surface area contributed by atoms with E-state index >= 15 is 0 Å². The van der Waals surface area contributed by atoms with Gasteiger partial charge in [0.25, 0.3) is 10.0 Å². The molecule has 1 aliphatic heterocycles. The molecule has 5 rings (SSSR count). The summed E-state index contributed by atoms with van der Waals surface area (Å²) in [6.07, 6.45) is 4.56. The molecule has 1 amide bonds. The molecule has 12 heteroatoms. The van der Waals surface area contributed by atoms with E-state index in [0.717, 1.165) is 43.2 Å². The van der Waals surface area contributed by atoms with Crippen molar-refractivity contribution in [3.63, 3.8) is 0 Å². The van der Waals surface area contributed by atoms with Crippen LogP contribution in [0.4, 0.5) is 15.2 Å². The maximum absolute atomic E-state index is 14.0. The highest BCUT2D eigenvalue weighted by Gasteiger charge is 2.25. The van der Waals surface area contributed by atoms with Gasteiger partial charge in [0, 0.05) is 52.2 Å². The first-order chi connectivity index (χ1) is 17.3. The van der Waals surface area contributed by atoms with Gasteiger partial charge in [-0.3, -0.25) is 9.52 Å². The Balaban J connectivity index is 0.00000178. The van der Waals surface area contributed by atoms with Gasteiger partial charge in [-0.2, -0.15) is 4.37 Å². The number of anilines is 2. The Labute approximate surface area is 216 Å². The number of aromatic nitrogens is 3. The van der Waals surface area contributed by atoms with Crippen molar-refractivity contribution in [3.8, 4) is 0 Å². The molecule has 2 aromatic heterocycles. The molecule has 0 spiro atoms. The summed E-state index contributed by atoms with van der Waals surface area (Å²) < 4.78 is 47.0. The maximum Gasteiger partial charge on any atom is 0.263 e. The normalized spacial score (nSPS) is 15.7. The molecule has 0 unspecified atom stereocenters. The lowest BCUT2D eigenvalue weighted by Crippen LogP contribution is -2.46. The van der Waals surface area contributed by atoms with E-state index < -0.39 is 16.1 Å². The highest BCUT2D eigenvalue weighted by atomic mass is 32.2. The molecule has 3 heterocycles. The number of sulfonamides is 1. The minimum Gasteiger partial charge on any atom is -0.371 e. The molecule has 2 aromatic carbocycles. The average Bonchev–Trinajstić information content (AvgIpc) is 3.54. The SMILES string of the molecule is C[C@@H](C(=O)NC1CCN(c2ccc(S(=O)(=O)Nc3ncns3)cc2)CC1)n1ccc2c(F)cccc21.[HH].[HH].[HH]. The number of halogens is 1. The number of nitrogens with one attached hydrogen (secondary N) is 2. The lowest BCUT2D eigenvalue weighted by atomic mass is 10.0. The number of rotatable bonds is 7. The summed E-state index contributed by atoms with van der Waals surface area (Å²) in [5.41, 5.74) is 1.61. The predicted molar refractivity (Wildman–Crippen MR) is 143 cm³/mol. The number of hydrogen-bond donors (Lipinski definition) is 2. The van der Waals surface area contributed by atoms with Gasteiger partial charge in [-0.15, -0.1) is 0 Å². The Hall–Kier alpha value is -3.51. The van der Waals surface area contributed by atoms with Crippen LogP contribution >= 0.6 is 11.5 Å². The van der Waals surface area contributed by atoms with Gasteiger partial charge in [0.15, 0.2) is 0 Å². The second-order valence-electron chi connectivity index (χ2n) is 8.69. The van der Waals surface area contributed by atoms with E-state index in [9.17, 15) is 17.6 Å². The monoisotopic (exact) mass is 534 g/mol. The third kappa shape index (κ3) is 4.91. The van der Waals surface area contributed by atoms with E-state index in [1.54, 1.807) is 47.2 Å². The molecule has 0 radical (unpaired) electrons. The van der Waals surface area contributed by atoms with Crippen LogP contribution in [0.3, 0.4) is 0 Å². The second-order valence-corrected chi connectivity index (χ2v) is 11.1. The van der Waals surface area contributed by atoms with Crippen molar-refractivity contribution < 1.29 is 21.9 Å². The number of amides is 1. The van der Waals surface area contributed by atoms with Crippen LogP contribution < -0.4 is 14.9 Å². The number of fused-ring (bicyclic) bond motifs is 1. The van der Waals surface area contributed by atoms with Crippen LogP contribution in [-0.2, 0) is 14.8 Å². The van der Waals surface area contributed by atoms with Gasteiger partial charge < -0.3 is 14.8 Å². The summed E-state index contributed by atoms with van der Waals surface area (Å²) >= 11 is 0.970. The predicted octanol–water partition coefficient (Wildman–Crippen LogP) is 4.52. The molecule has 36 heavy (non-hydrogen) atoms. The van der Waals surface area contributed by atoms with E-state index in [4.69, 9.17) is 0 Å². The van der Waals surface area contributed by atoms with Crippen LogP contribution in [0.25, 0.3) is 10.9 Å². The van der Waals surface area contributed by atoms with Gasteiger partial charge in [-0.1, -0.05) is 6.07 Å². The molecule has 1 aliphatic rings. The highest BCUT2D eigenvalue weighted by Crippen LogP contribution is 2.25. The number of carbonyl (C=O) groups excluding carboxylic acids is 1.